The molecular weight excluding hydrogens is 316 g/mol. The number of rotatable bonds is 7. The Balaban J connectivity index is 1.79. The van der Waals surface area contributed by atoms with Gasteiger partial charge in [0.2, 0.25) is 11.8 Å². The van der Waals surface area contributed by atoms with Gasteiger partial charge in [-0.1, -0.05) is 30.3 Å². The Morgan fingerprint density at radius 2 is 1.68 bits per heavy atom. The van der Waals surface area contributed by atoms with Gasteiger partial charge in [-0.05, 0) is 37.6 Å². The molecule has 0 heterocycles. The van der Waals surface area contributed by atoms with Crippen LogP contribution in [0, 0.1) is 0 Å². The zero-order valence-electron chi connectivity index (χ0n) is 14.5. The molecule has 5 heteroatoms. The fourth-order valence-corrected chi connectivity index (χ4v) is 2.40. The number of nitrogens with one attached hydrogen (secondary N) is 1. The third-order valence-corrected chi connectivity index (χ3v) is 3.86. The number of nitrogens with zero attached hydrogens (tertiary/aromatic N) is 1. The average Bonchev–Trinajstić information content (AvgIpc) is 2.61. The maximum atomic E-state index is 12.2. The monoisotopic (exact) mass is 338 g/mol. The molecule has 25 heavy (non-hydrogen) atoms. The van der Waals surface area contributed by atoms with Crippen molar-refractivity contribution in [3.63, 3.8) is 0 Å². The summed E-state index contributed by atoms with van der Waals surface area (Å²) in [6.07, 6.45) is 1.01. The first-order valence-electron chi connectivity index (χ1n) is 8.20. The van der Waals surface area contributed by atoms with Crippen molar-refractivity contribution < 1.29 is 14.4 Å². The Morgan fingerprint density at radius 3 is 2.36 bits per heavy atom. The second kappa shape index (κ2) is 8.78. The SMILES string of the molecule is CC(=O)c1cccc(NC(=O)CCCC(=O)N(C)c2ccccc2)c1. The maximum Gasteiger partial charge on any atom is 0.226 e. The summed E-state index contributed by atoms with van der Waals surface area (Å²) < 4.78 is 0. The molecular formula is C20H22N2O3. The van der Waals surface area contributed by atoms with Gasteiger partial charge >= 0.3 is 0 Å². The minimum atomic E-state index is -0.170. The van der Waals surface area contributed by atoms with Gasteiger partial charge < -0.3 is 10.2 Å². The van der Waals surface area contributed by atoms with E-state index in [1.807, 2.05) is 30.3 Å². The highest BCUT2D eigenvalue weighted by molar-refractivity contribution is 5.97. The topological polar surface area (TPSA) is 66.5 Å². The number of carbonyl (C=O) groups is 3. The lowest BCUT2D eigenvalue weighted by atomic mass is 10.1. The van der Waals surface area contributed by atoms with Gasteiger partial charge in [0.15, 0.2) is 5.78 Å². The van der Waals surface area contributed by atoms with Gasteiger partial charge in [0, 0.05) is 36.8 Å². The molecule has 0 aliphatic heterocycles. The summed E-state index contributed by atoms with van der Waals surface area (Å²) in [6, 6.07) is 16.2. The maximum absolute atomic E-state index is 12.2. The summed E-state index contributed by atoms with van der Waals surface area (Å²) in [7, 11) is 1.73. The van der Waals surface area contributed by atoms with E-state index in [0.717, 1.165) is 5.69 Å². The molecule has 130 valence electrons. The van der Waals surface area contributed by atoms with Gasteiger partial charge in [0.1, 0.15) is 0 Å². The Labute approximate surface area is 147 Å². The molecule has 2 amide bonds. The van der Waals surface area contributed by atoms with Gasteiger partial charge in [0.25, 0.3) is 0 Å². The molecule has 0 spiro atoms. The first-order valence-corrected chi connectivity index (χ1v) is 8.20. The summed E-state index contributed by atoms with van der Waals surface area (Å²) >= 11 is 0. The van der Waals surface area contributed by atoms with Crippen LogP contribution in [0.5, 0.6) is 0 Å². The second-order valence-corrected chi connectivity index (χ2v) is 5.83. The van der Waals surface area contributed by atoms with Crippen molar-refractivity contribution >= 4 is 29.0 Å². The van der Waals surface area contributed by atoms with Crippen molar-refractivity contribution in [2.75, 3.05) is 17.3 Å². The van der Waals surface area contributed by atoms with Crippen LogP contribution >= 0.6 is 0 Å². The minimum Gasteiger partial charge on any atom is -0.326 e. The highest BCUT2D eigenvalue weighted by Crippen LogP contribution is 2.14. The van der Waals surface area contributed by atoms with E-state index in [4.69, 9.17) is 0 Å². The number of para-hydroxylation sites is 1. The molecule has 0 aliphatic carbocycles. The number of carbonyl (C=O) groups excluding carboxylic acids is 3. The van der Waals surface area contributed by atoms with E-state index in [9.17, 15) is 14.4 Å². The fourth-order valence-electron chi connectivity index (χ4n) is 2.40. The molecule has 0 fully saturated rings. The summed E-state index contributed by atoms with van der Waals surface area (Å²) in [4.78, 5) is 37.1. The molecule has 0 aromatic heterocycles. The van der Waals surface area contributed by atoms with Crippen molar-refractivity contribution in [2.45, 2.75) is 26.2 Å². The van der Waals surface area contributed by atoms with Gasteiger partial charge in [-0.25, -0.2) is 0 Å². The Bertz CT molecular complexity index is 757. The molecule has 1 N–H and O–H groups in total. The van der Waals surface area contributed by atoms with Crippen molar-refractivity contribution in [1.29, 1.82) is 0 Å². The molecule has 0 atom stereocenters. The lowest BCUT2D eigenvalue weighted by molar-refractivity contribution is -0.118. The smallest absolute Gasteiger partial charge is 0.226 e. The molecule has 0 aliphatic rings. The van der Waals surface area contributed by atoms with E-state index in [1.54, 1.807) is 36.2 Å². The molecule has 2 aromatic rings. The highest BCUT2D eigenvalue weighted by atomic mass is 16.2. The number of hydrogen-bond donors (Lipinski definition) is 1. The molecule has 2 aromatic carbocycles. The van der Waals surface area contributed by atoms with Crippen LogP contribution in [0.3, 0.4) is 0 Å². The number of hydrogen-bond acceptors (Lipinski definition) is 3. The molecule has 2 rings (SSSR count). The number of amides is 2. The summed E-state index contributed by atoms with van der Waals surface area (Å²) in [5.74, 6) is -0.251. The predicted octanol–water partition coefficient (Wildman–Crippen LogP) is 3.66. The molecule has 0 unspecified atom stereocenters. The van der Waals surface area contributed by atoms with Crippen LogP contribution in [0.15, 0.2) is 54.6 Å². The summed E-state index contributed by atoms with van der Waals surface area (Å²) in [5.41, 5.74) is 1.97. The zero-order chi connectivity index (χ0) is 18.2. The van der Waals surface area contributed by atoms with E-state index in [-0.39, 0.29) is 24.0 Å². The van der Waals surface area contributed by atoms with E-state index < -0.39 is 0 Å². The Hall–Kier alpha value is -2.95. The Morgan fingerprint density at radius 1 is 0.960 bits per heavy atom. The lowest BCUT2D eigenvalue weighted by Crippen LogP contribution is -2.26. The minimum absolute atomic E-state index is 0.0300. The second-order valence-electron chi connectivity index (χ2n) is 5.83. The van der Waals surface area contributed by atoms with E-state index in [0.29, 0.717) is 24.1 Å². The van der Waals surface area contributed by atoms with Gasteiger partial charge in [-0.15, -0.1) is 0 Å². The standard InChI is InChI=1S/C20H22N2O3/c1-15(23)16-8-6-9-17(14-16)21-19(24)12-7-13-20(25)22(2)18-10-4-3-5-11-18/h3-6,8-11,14H,7,12-13H2,1-2H3,(H,21,24). The lowest BCUT2D eigenvalue weighted by Gasteiger charge is -2.17. The van der Waals surface area contributed by atoms with E-state index in [2.05, 4.69) is 5.32 Å². The van der Waals surface area contributed by atoms with Crippen LogP contribution < -0.4 is 10.2 Å². The van der Waals surface area contributed by atoms with Gasteiger partial charge in [-0.3, -0.25) is 14.4 Å². The van der Waals surface area contributed by atoms with Crippen molar-refractivity contribution in [3.05, 3.63) is 60.2 Å². The third kappa shape index (κ3) is 5.57. The predicted molar refractivity (Wildman–Crippen MR) is 98.8 cm³/mol. The molecule has 0 saturated carbocycles. The normalized spacial score (nSPS) is 10.2. The Kier molecular flexibility index (Phi) is 6.46. The van der Waals surface area contributed by atoms with Crippen molar-refractivity contribution in [3.8, 4) is 0 Å². The van der Waals surface area contributed by atoms with Crippen LogP contribution in [-0.4, -0.2) is 24.6 Å². The average molecular weight is 338 g/mol. The van der Waals surface area contributed by atoms with Crippen molar-refractivity contribution in [1.82, 2.24) is 0 Å². The third-order valence-electron chi connectivity index (χ3n) is 3.86. The zero-order valence-corrected chi connectivity index (χ0v) is 14.5. The molecule has 5 nitrogen and oxygen atoms in total. The van der Waals surface area contributed by atoms with Crippen LogP contribution in [-0.2, 0) is 9.59 Å². The largest absolute Gasteiger partial charge is 0.326 e. The van der Waals surface area contributed by atoms with Gasteiger partial charge in [-0.2, -0.15) is 0 Å². The fraction of sp³-hybridized carbons (Fsp3) is 0.250. The van der Waals surface area contributed by atoms with Crippen molar-refractivity contribution in [2.24, 2.45) is 0 Å². The van der Waals surface area contributed by atoms with Crippen LogP contribution in [0.4, 0.5) is 11.4 Å². The van der Waals surface area contributed by atoms with Crippen LogP contribution in [0.2, 0.25) is 0 Å². The first kappa shape index (κ1) is 18.4. The first-order chi connectivity index (χ1) is 12.0. The van der Waals surface area contributed by atoms with E-state index in [1.165, 1.54) is 6.92 Å². The molecule has 0 bridgehead atoms. The number of benzene rings is 2. The number of ketones is 1. The quantitative estimate of drug-likeness (QED) is 0.784. The molecule has 0 saturated heterocycles. The highest BCUT2D eigenvalue weighted by Gasteiger charge is 2.11. The molecule has 0 radical (unpaired) electrons. The van der Waals surface area contributed by atoms with Gasteiger partial charge in [0.05, 0.1) is 0 Å². The van der Waals surface area contributed by atoms with E-state index >= 15 is 0 Å². The number of Topliss-reactive ketones (excluding diaryl/α,β-unsaturated/α-hetero) is 1. The van der Waals surface area contributed by atoms with Crippen LogP contribution in [0.25, 0.3) is 0 Å². The van der Waals surface area contributed by atoms with Crippen LogP contribution in [0.1, 0.15) is 36.5 Å². The summed E-state index contributed by atoms with van der Waals surface area (Å²) in [6.45, 7) is 1.48. The number of anilines is 2. The summed E-state index contributed by atoms with van der Waals surface area (Å²) in [5, 5.41) is 2.76.